The van der Waals surface area contributed by atoms with Crippen LogP contribution in [0.15, 0.2) is 40.9 Å². The first-order chi connectivity index (χ1) is 13.0. The number of hydrogen-bond acceptors (Lipinski definition) is 4. The van der Waals surface area contributed by atoms with Crippen LogP contribution >= 0.6 is 0 Å². The maximum atomic E-state index is 13.1. The van der Waals surface area contributed by atoms with E-state index in [-0.39, 0.29) is 23.8 Å². The minimum Gasteiger partial charge on any atom is -0.385 e. The Morgan fingerprint density at radius 3 is 2.70 bits per heavy atom. The summed E-state index contributed by atoms with van der Waals surface area (Å²) in [7, 11) is 0. The van der Waals surface area contributed by atoms with Gasteiger partial charge in [0.1, 0.15) is 0 Å². The van der Waals surface area contributed by atoms with E-state index in [0.717, 1.165) is 36.9 Å². The third-order valence-electron chi connectivity index (χ3n) is 6.34. The summed E-state index contributed by atoms with van der Waals surface area (Å²) < 4.78 is 5.35. The topological polar surface area (TPSA) is 66.6 Å². The summed E-state index contributed by atoms with van der Waals surface area (Å²) in [6, 6.07) is 11.7. The molecule has 1 aromatic carbocycles. The molecule has 2 aliphatic rings. The fourth-order valence-corrected chi connectivity index (χ4v) is 4.82. The van der Waals surface area contributed by atoms with Gasteiger partial charge in [0.2, 0.25) is 5.76 Å². The number of carbonyl (C=O) groups is 1. The predicted octanol–water partition coefficient (Wildman–Crippen LogP) is 4.09. The molecule has 144 valence electrons. The van der Waals surface area contributed by atoms with E-state index < -0.39 is 5.60 Å². The van der Waals surface area contributed by atoms with Gasteiger partial charge in [-0.3, -0.25) is 4.79 Å². The van der Waals surface area contributed by atoms with E-state index >= 15 is 0 Å². The van der Waals surface area contributed by atoms with Crippen LogP contribution in [0.5, 0.6) is 0 Å². The van der Waals surface area contributed by atoms with E-state index in [2.05, 4.69) is 5.16 Å². The van der Waals surface area contributed by atoms with Gasteiger partial charge in [-0.2, -0.15) is 0 Å². The number of fused-ring (bicyclic) bond motifs is 1. The SMILES string of the molecule is CC(C)c1cc(C(=O)N2CC[C@](O)(c3ccccc3)[C@@H]3CCCC[C@@H]32)on1. The van der Waals surface area contributed by atoms with Crippen molar-refractivity contribution in [2.45, 2.75) is 63.5 Å². The van der Waals surface area contributed by atoms with Crippen LogP contribution in [0.1, 0.15) is 73.7 Å². The molecular weight excluding hydrogens is 340 g/mol. The van der Waals surface area contributed by atoms with Crippen molar-refractivity contribution in [1.29, 1.82) is 0 Å². The summed E-state index contributed by atoms with van der Waals surface area (Å²) in [6.07, 6.45) is 4.60. The van der Waals surface area contributed by atoms with E-state index in [4.69, 9.17) is 4.52 Å². The zero-order valence-electron chi connectivity index (χ0n) is 16.1. The summed E-state index contributed by atoms with van der Waals surface area (Å²) >= 11 is 0. The predicted molar refractivity (Wildman–Crippen MR) is 102 cm³/mol. The van der Waals surface area contributed by atoms with Crippen molar-refractivity contribution in [2.24, 2.45) is 5.92 Å². The smallest absolute Gasteiger partial charge is 0.292 e. The molecule has 0 unspecified atom stereocenters. The van der Waals surface area contributed by atoms with Gasteiger partial charge >= 0.3 is 0 Å². The molecule has 0 spiro atoms. The molecule has 0 radical (unpaired) electrons. The second-order valence-electron chi connectivity index (χ2n) is 8.27. The fourth-order valence-electron chi connectivity index (χ4n) is 4.82. The first-order valence-corrected chi connectivity index (χ1v) is 10.1. The normalized spacial score (nSPS) is 28.2. The quantitative estimate of drug-likeness (QED) is 0.886. The van der Waals surface area contributed by atoms with Crippen molar-refractivity contribution in [3.8, 4) is 0 Å². The van der Waals surface area contributed by atoms with Crippen LogP contribution in [0, 0.1) is 5.92 Å². The highest BCUT2D eigenvalue weighted by Crippen LogP contribution is 2.47. The standard InChI is InChI=1S/C22H28N2O3/c1-15(2)18-14-20(27-23-18)21(25)24-13-12-22(26,16-8-4-3-5-9-16)17-10-6-7-11-19(17)24/h3-5,8-9,14-15,17,19,26H,6-7,10-13H2,1-2H3/t17-,19+,22+/m1/s1. The largest absolute Gasteiger partial charge is 0.385 e. The fraction of sp³-hybridized carbons (Fsp3) is 0.545. The number of hydrogen-bond donors (Lipinski definition) is 1. The molecule has 1 saturated heterocycles. The highest BCUT2D eigenvalue weighted by atomic mass is 16.5. The van der Waals surface area contributed by atoms with E-state index in [1.54, 1.807) is 6.07 Å². The van der Waals surface area contributed by atoms with Gasteiger partial charge in [0, 0.05) is 24.6 Å². The lowest BCUT2D eigenvalue weighted by atomic mass is 9.66. The second-order valence-corrected chi connectivity index (χ2v) is 8.27. The van der Waals surface area contributed by atoms with E-state index in [0.29, 0.717) is 18.7 Å². The lowest BCUT2D eigenvalue weighted by Crippen LogP contribution is -2.58. The molecule has 4 rings (SSSR count). The number of rotatable bonds is 3. The summed E-state index contributed by atoms with van der Waals surface area (Å²) in [5.74, 6) is 0.496. The summed E-state index contributed by atoms with van der Waals surface area (Å²) in [5, 5.41) is 15.7. The monoisotopic (exact) mass is 368 g/mol. The Balaban J connectivity index is 1.62. The third kappa shape index (κ3) is 3.18. The Bertz CT molecular complexity index is 801. The molecule has 2 fully saturated rings. The van der Waals surface area contributed by atoms with Gasteiger partial charge in [0.05, 0.1) is 11.3 Å². The Labute approximate surface area is 160 Å². The van der Waals surface area contributed by atoms with Crippen LogP contribution < -0.4 is 0 Å². The Hall–Kier alpha value is -2.14. The summed E-state index contributed by atoms with van der Waals surface area (Å²) in [6.45, 7) is 4.59. The molecule has 5 heteroatoms. The number of aliphatic hydroxyl groups is 1. The maximum absolute atomic E-state index is 13.1. The molecule has 5 nitrogen and oxygen atoms in total. The lowest BCUT2D eigenvalue weighted by molar-refractivity contribution is -0.110. The van der Waals surface area contributed by atoms with Gasteiger partial charge in [-0.05, 0) is 30.7 Å². The number of carbonyl (C=O) groups excluding carboxylic acids is 1. The Morgan fingerprint density at radius 2 is 2.00 bits per heavy atom. The van der Waals surface area contributed by atoms with Gasteiger partial charge < -0.3 is 14.5 Å². The van der Waals surface area contributed by atoms with Gasteiger partial charge in [0.15, 0.2) is 0 Å². The average Bonchev–Trinajstić information content (AvgIpc) is 3.19. The molecule has 2 heterocycles. The van der Waals surface area contributed by atoms with Crippen LogP contribution in [-0.2, 0) is 5.60 Å². The molecule has 1 saturated carbocycles. The molecule has 1 N–H and O–H groups in total. The Morgan fingerprint density at radius 1 is 1.26 bits per heavy atom. The molecule has 2 aromatic rings. The zero-order chi connectivity index (χ0) is 19.0. The van der Waals surface area contributed by atoms with E-state index in [1.165, 1.54) is 0 Å². The van der Waals surface area contributed by atoms with Crippen LogP contribution in [0.4, 0.5) is 0 Å². The van der Waals surface area contributed by atoms with Gasteiger partial charge in [-0.15, -0.1) is 0 Å². The highest BCUT2D eigenvalue weighted by Gasteiger charge is 2.50. The van der Waals surface area contributed by atoms with Crippen LogP contribution in [0.2, 0.25) is 0 Å². The third-order valence-corrected chi connectivity index (χ3v) is 6.34. The van der Waals surface area contributed by atoms with E-state index in [9.17, 15) is 9.90 Å². The first-order valence-electron chi connectivity index (χ1n) is 10.1. The first kappa shape index (κ1) is 18.2. The molecular formula is C22H28N2O3. The van der Waals surface area contributed by atoms with Crippen molar-refractivity contribution in [2.75, 3.05) is 6.54 Å². The molecule has 27 heavy (non-hydrogen) atoms. The molecule has 1 aliphatic carbocycles. The number of benzene rings is 1. The van der Waals surface area contributed by atoms with Gasteiger partial charge in [-0.25, -0.2) is 0 Å². The van der Waals surface area contributed by atoms with Gasteiger partial charge in [-0.1, -0.05) is 62.2 Å². The molecule has 1 amide bonds. The van der Waals surface area contributed by atoms with Crippen molar-refractivity contribution in [3.63, 3.8) is 0 Å². The number of aromatic nitrogens is 1. The van der Waals surface area contributed by atoms with Crippen LogP contribution in [-0.4, -0.2) is 33.7 Å². The molecule has 1 aromatic heterocycles. The second kappa shape index (κ2) is 7.12. The number of likely N-dealkylation sites (tertiary alicyclic amines) is 1. The van der Waals surface area contributed by atoms with Gasteiger partial charge in [0.25, 0.3) is 5.91 Å². The molecule has 0 bridgehead atoms. The number of amides is 1. The van der Waals surface area contributed by atoms with E-state index in [1.807, 2.05) is 49.1 Å². The van der Waals surface area contributed by atoms with Crippen molar-refractivity contribution >= 4 is 5.91 Å². The van der Waals surface area contributed by atoms with Crippen molar-refractivity contribution in [1.82, 2.24) is 10.1 Å². The maximum Gasteiger partial charge on any atom is 0.292 e. The van der Waals surface area contributed by atoms with Crippen molar-refractivity contribution in [3.05, 3.63) is 53.4 Å². The zero-order valence-corrected chi connectivity index (χ0v) is 16.1. The van der Waals surface area contributed by atoms with Crippen LogP contribution in [0.25, 0.3) is 0 Å². The Kier molecular flexibility index (Phi) is 4.81. The average molecular weight is 368 g/mol. The number of piperidine rings is 1. The molecule has 3 atom stereocenters. The minimum absolute atomic E-state index is 0.0396. The summed E-state index contributed by atoms with van der Waals surface area (Å²) in [5.41, 5.74) is 0.903. The van der Waals surface area contributed by atoms with Crippen LogP contribution in [0.3, 0.4) is 0 Å². The highest BCUT2D eigenvalue weighted by molar-refractivity contribution is 5.91. The van der Waals surface area contributed by atoms with Crippen molar-refractivity contribution < 1.29 is 14.4 Å². The summed E-state index contributed by atoms with van der Waals surface area (Å²) in [4.78, 5) is 15.1. The lowest BCUT2D eigenvalue weighted by Gasteiger charge is -2.52. The minimum atomic E-state index is -0.867. The number of nitrogens with zero attached hydrogens (tertiary/aromatic N) is 2. The molecule has 1 aliphatic heterocycles.